The van der Waals surface area contributed by atoms with Crippen LogP contribution in [0.5, 0.6) is 51.7 Å². The van der Waals surface area contributed by atoms with E-state index in [1.54, 1.807) is 0 Å². The Morgan fingerprint density at radius 3 is 0.776 bits per heavy atom. The first kappa shape index (κ1) is 70.7. The first-order valence-electron chi connectivity index (χ1n) is 33.5. The van der Waals surface area contributed by atoms with Gasteiger partial charge in [0.15, 0.2) is 0 Å². The monoisotopic (exact) mass is 1280 g/mol. The van der Waals surface area contributed by atoms with Crippen molar-refractivity contribution in [3.05, 3.63) is 390 Å². The van der Waals surface area contributed by atoms with Crippen molar-refractivity contribution in [2.24, 2.45) is 0 Å². The Morgan fingerprint density at radius 2 is 0.500 bits per heavy atom. The molecule has 0 bridgehead atoms. The molecular formula is C93H88O5. The van der Waals surface area contributed by atoms with Gasteiger partial charge >= 0.3 is 0 Å². The fourth-order valence-electron chi connectivity index (χ4n) is 10.8. The van der Waals surface area contributed by atoms with E-state index in [4.69, 9.17) is 23.7 Å². The van der Waals surface area contributed by atoms with E-state index in [2.05, 4.69) is 181 Å². The van der Waals surface area contributed by atoms with Crippen molar-refractivity contribution in [2.45, 2.75) is 75.7 Å². The minimum atomic E-state index is 0.619. The van der Waals surface area contributed by atoms with E-state index in [0.717, 1.165) is 118 Å². The Bertz CT molecular complexity index is 4370. The number of ether oxygens (including phenoxy) is 5. The predicted octanol–water partition coefficient (Wildman–Crippen LogP) is 26.9. The lowest BCUT2D eigenvalue weighted by Gasteiger charge is -2.17. The number of para-hydroxylation sites is 4. The van der Waals surface area contributed by atoms with Crippen LogP contribution in [0.25, 0.3) is 44.5 Å². The molecule has 0 unspecified atom stereocenters. The average molecular weight is 1290 g/mol. The van der Waals surface area contributed by atoms with E-state index in [-0.39, 0.29) is 0 Å². The number of hydrogen-bond acceptors (Lipinski definition) is 5. The number of rotatable bonds is 17. The zero-order valence-corrected chi connectivity index (χ0v) is 58.1. The Hall–Kier alpha value is -11.7. The molecule has 0 radical (unpaired) electrons. The van der Waals surface area contributed by atoms with Crippen LogP contribution in [0.1, 0.15) is 72.2 Å². The highest BCUT2D eigenvalue weighted by Crippen LogP contribution is 2.40. The zero-order chi connectivity index (χ0) is 68.9. The van der Waals surface area contributed by atoms with Crippen LogP contribution in [0.4, 0.5) is 0 Å². The number of aryl methyl sites for hydroxylation is 6. The van der Waals surface area contributed by atoms with Crippen LogP contribution in [-0.4, -0.2) is 0 Å². The van der Waals surface area contributed by atoms with Crippen molar-refractivity contribution in [3.63, 3.8) is 0 Å². The Balaban J connectivity index is 0.000000413. The maximum absolute atomic E-state index is 6.54. The standard InChI is InChI=1S/C70H58O5.3C7H8.C2H6/c1-6-7-20-51(5)71-66-32-48(2)29-54(42-66)59-38-53(39-60(41-59)61-45-69(74-64-25-16-10-17-26-64)47-70(46-61)75-65-27-18-11-19-28-65)35-52-36-57(55-30-49(3)33-67(43-55)72-62-21-12-8-13-22-62)40-58(37-52)56-31-50(4)34-68(44-56)73-63-23-14-9-15-24-63;3*1-7-5-3-2-4-6-7;1-2/h6-34,36-47H,35H2,1-5H3;3*2-6H,1H3;1-2H3/b7-6-,51-20+;;;;. The second-order valence-electron chi connectivity index (χ2n) is 23.8. The molecule has 13 rings (SSSR count). The van der Waals surface area contributed by atoms with E-state index < -0.39 is 0 Å². The third-order valence-corrected chi connectivity index (χ3v) is 15.3. The molecule has 5 heteroatoms. The van der Waals surface area contributed by atoms with Gasteiger partial charge in [0, 0.05) is 6.07 Å². The molecule has 0 spiro atoms. The quantitative estimate of drug-likeness (QED) is 0.0672. The first-order chi connectivity index (χ1) is 47.8. The van der Waals surface area contributed by atoms with Gasteiger partial charge in [-0.15, -0.1) is 0 Å². The van der Waals surface area contributed by atoms with E-state index in [1.165, 1.54) is 16.7 Å². The van der Waals surface area contributed by atoms with Gasteiger partial charge in [-0.05, 0) is 249 Å². The highest BCUT2D eigenvalue weighted by atomic mass is 16.5. The van der Waals surface area contributed by atoms with Crippen molar-refractivity contribution in [2.75, 3.05) is 0 Å². The van der Waals surface area contributed by atoms with Crippen molar-refractivity contribution in [1.82, 2.24) is 0 Å². The van der Waals surface area contributed by atoms with Crippen LogP contribution in [-0.2, 0) is 6.42 Å². The fourth-order valence-corrected chi connectivity index (χ4v) is 10.8. The molecule has 0 heterocycles. The molecular weight excluding hydrogens is 1200 g/mol. The Labute approximate surface area is 582 Å². The molecule has 490 valence electrons. The second-order valence-corrected chi connectivity index (χ2v) is 23.8. The molecule has 0 aliphatic heterocycles. The third-order valence-electron chi connectivity index (χ3n) is 15.3. The van der Waals surface area contributed by atoms with Gasteiger partial charge in [-0.2, -0.15) is 0 Å². The zero-order valence-electron chi connectivity index (χ0n) is 58.1. The maximum atomic E-state index is 6.54. The van der Waals surface area contributed by atoms with E-state index in [0.29, 0.717) is 17.9 Å². The topological polar surface area (TPSA) is 46.2 Å². The van der Waals surface area contributed by atoms with Crippen LogP contribution in [0.3, 0.4) is 0 Å². The van der Waals surface area contributed by atoms with Gasteiger partial charge in [0.05, 0.1) is 0 Å². The van der Waals surface area contributed by atoms with Gasteiger partial charge in [0.25, 0.3) is 0 Å². The third kappa shape index (κ3) is 22.8. The molecule has 0 aliphatic carbocycles. The molecule has 13 aromatic rings. The summed E-state index contributed by atoms with van der Waals surface area (Å²) < 4.78 is 32.4. The molecule has 98 heavy (non-hydrogen) atoms. The molecule has 0 saturated carbocycles. The summed E-state index contributed by atoms with van der Waals surface area (Å²) in [5.74, 6) is 7.48. The fraction of sp³-hybridized carbons (Fsp3) is 0.118. The minimum absolute atomic E-state index is 0.619. The summed E-state index contributed by atoms with van der Waals surface area (Å²) in [5.41, 5.74) is 17.8. The smallest absolute Gasteiger partial charge is 0.131 e. The molecule has 0 amide bonds. The lowest BCUT2D eigenvalue weighted by Crippen LogP contribution is -1.96. The summed E-state index contributed by atoms with van der Waals surface area (Å²) in [7, 11) is 0. The number of allylic oxidation sites excluding steroid dienone is 4. The predicted molar refractivity (Wildman–Crippen MR) is 412 cm³/mol. The van der Waals surface area contributed by atoms with Gasteiger partial charge in [-0.25, -0.2) is 0 Å². The minimum Gasteiger partial charge on any atom is -0.462 e. The van der Waals surface area contributed by atoms with Gasteiger partial charge in [0.2, 0.25) is 0 Å². The second kappa shape index (κ2) is 36.9. The van der Waals surface area contributed by atoms with Crippen LogP contribution in [0.2, 0.25) is 0 Å². The Morgan fingerprint density at radius 1 is 0.255 bits per heavy atom. The number of benzene rings is 13. The van der Waals surface area contributed by atoms with Crippen molar-refractivity contribution >= 4 is 0 Å². The molecule has 0 N–H and O–H groups in total. The molecule has 0 aromatic heterocycles. The summed E-state index contributed by atoms with van der Waals surface area (Å²) >= 11 is 0. The van der Waals surface area contributed by atoms with Crippen LogP contribution in [0.15, 0.2) is 346 Å². The van der Waals surface area contributed by atoms with Crippen LogP contribution >= 0.6 is 0 Å². The Kier molecular flexibility index (Phi) is 26.6. The molecule has 0 saturated heterocycles. The van der Waals surface area contributed by atoms with E-state index >= 15 is 0 Å². The summed E-state index contributed by atoms with van der Waals surface area (Å²) in [6.07, 6.45) is 6.58. The van der Waals surface area contributed by atoms with Gasteiger partial charge in [0.1, 0.15) is 57.5 Å². The van der Waals surface area contributed by atoms with Crippen molar-refractivity contribution in [3.8, 4) is 96.3 Å². The summed E-state index contributed by atoms with van der Waals surface area (Å²) in [5, 5.41) is 0. The highest BCUT2D eigenvalue weighted by Gasteiger charge is 2.16. The van der Waals surface area contributed by atoms with E-state index in [9.17, 15) is 0 Å². The highest BCUT2D eigenvalue weighted by molar-refractivity contribution is 5.79. The maximum Gasteiger partial charge on any atom is 0.131 e. The molecule has 0 fully saturated rings. The van der Waals surface area contributed by atoms with Gasteiger partial charge in [-0.3, -0.25) is 0 Å². The van der Waals surface area contributed by atoms with Crippen LogP contribution < -0.4 is 23.7 Å². The molecule has 0 aliphatic rings. The van der Waals surface area contributed by atoms with Gasteiger partial charge < -0.3 is 23.7 Å². The largest absolute Gasteiger partial charge is 0.462 e. The lowest BCUT2D eigenvalue weighted by atomic mass is 9.90. The number of hydrogen-bond donors (Lipinski definition) is 0. The summed E-state index contributed by atoms with van der Waals surface area (Å²) in [4.78, 5) is 0. The van der Waals surface area contributed by atoms with Gasteiger partial charge in [-0.1, -0.05) is 249 Å². The first-order valence-corrected chi connectivity index (χ1v) is 33.5. The lowest BCUT2D eigenvalue weighted by molar-refractivity contribution is 0.428. The van der Waals surface area contributed by atoms with Crippen LogP contribution in [0, 0.1) is 41.5 Å². The molecule has 13 aromatic carbocycles. The summed E-state index contributed by atoms with van der Waals surface area (Å²) in [6, 6.07) is 110. The normalized spacial score (nSPS) is 10.6. The summed E-state index contributed by atoms with van der Waals surface area (Å²) in [6.45, 7) is 20.6. The average Bonchev–Trinajstić information content (AvgIpc) is 0.798. The van der Waals surface area contributed by atoms with E-state index in [1.807, 2.05) is 228 Å². The SMILES string of the molecule is C/C=C\C=C(/C)Oc1cc(C)cc(-c2cc(Cc3cc(-c4cc(C)cc(Oc5ccccc5)c4)cc(-c4cc(C)cc(Oc5ccccc5)c4)c3)cc(-c3cc(Oc4ccccc4)cc(Oc4ccccc4)c3)c2)c1.CC.Cc1ccccc1.Cc1ccccc1.Cc1ccccc1. The van der Waals surface area contributed by atoms with Crippen molar-refractivity contribution in [1.29, 1.82) is 0 Å². The molecule has 5 nitrogen and oxygen atoms in total. The molecule has 0 atom stereocenters. The van der Waals surface area contributed by atoms with Crippen molar-refractivity contribution < 1.29 is 23.7 Å².